The van der Waals surface area contributed by atoms with Crippen molar-refractivity contribution in [2.45, 2.75) is 20.8 Å². The van der Waals surface area contributed by atoms with Gasteiger partial charge in [-0.3, -0.25) is 0 Å². The summed E-state index contributed by atoms with van der Waals surface area (Å²) in [7, 11) is 1.00. The minimum absolute atomic E-state index is 0.325. The van der Waals surface area contributed by atoms with E-state index in [0.717, 1.165) is 18.2 Å². The van der Waals surface area contributed by atoms with Gasteiger partial charge in [0.15, 0.2) is 0 Å². The van der Waals surface area contributed by atoms with Gasteiger partial charge in [-0.05, 0) is 51.3 Å². The Kier molecular flexibility index (Phi) is 14.1. The highest BCUT2D eigenvalue weighted by Crippen LogP contribution is 2.14. The Balaban J connectivity index is 0.000000553. The smallest absolute Gasteiger partial charge is 0.343 e. The van der Waals surface area contributed by atoms with Crippen LogP contribution in [0.4, 0.5) is 0 Å². The molecule has 0 spiro atoms. The molecular formula is C24H30O3S. The second-order valence-electron chi connectivity index (χ2n) is 5.72. The summed E-state index contributed by atoms with van der Waals surface area (Å²) < 4.78 is 5.26. The van der Waals surface area contributed by atoms with Crippen LogP contribution in [0.25, 0.3) is 0 Å². The Labute approximate surface area is 174 Å². The minimum Gasteiger partial charge on any atom is -0.423 e. The van der Waals surface area contributed by atoms with Crippen LogP contribution in [0.3, 0.4) is 0 Å². The molecule has 28 heavy (non-hydrogen) atoms. The number of carbonyl (C=O) groups is 1. The molecule has 3 aromatic rings. The van der Waals surface area contributed by atoms with Crippen LogP contribution < -0.4 is 4.74 Å². The molecule has 0 aliphatic rings. The van der Waals surface area contributed by atoms with E-state index < -0.39 is 0 Å². The molecule has 0 radical (unpaired) electrons. The molecule has 4 heteroatoms. The van der Waals surface area contributed by atoms with Crippen LogP contribution in [-0.4, -0.2) is 24.4 Å². The molecule has 0 saturated heterocycles. The van der Waals surface area contributed by atoms with Gasteiger partial charge in [0.25, 0.3) is 0 Å². The first-order valence-corrected chi connectivity index (χ1v) is 9.70. The zero-order valence-electron chi connectivity index (χ0n) is 17.2. The largest absolute Gasteiger partial charge is 0.423 e. The topological polar surface area (TPSA) is 46.5 Å². The van der Waals surface area contributed by atoms with Gasteiger partial charge in [-0.2, -0.15) is 12.6 Å². The van der Waals surface area contributed by atoms with Crippen molar-refractivity contribution in [3.05, 3.63) is 101 Å². The molecule has 0 atom stereocenters. The predicted octanol–water partition coefficient (Wildman–Crippen LogP) is 5.67. The van der Waals surface area contributed by atoms with Gasteiger partial charge >= 0.3 is 5.97 Å². The highest BCUT2D eigenvalue weighted by atomic mass is 32.1. The van der Waals surface area contributed by atoms with Gasteiger partial charge in [0.05, 0.1) is 5.56 Å². The fourth-order valence-electron chi connectivity index (χ4n) is 2.00. The van der Waals surface area contributed by atoms with Crippen molar-refractivity contribution in [3.8, 4) is 5.75 Å². The Morgan fingerprint density at radius 3 is 1.46 bits per heavy atom. The number of hydrogen-bond donors (Lipinski definition) is 2. The average Bonchev–Trinajstić information content (AvgIpc) is 2.74. The second-order valence-corrected chi connectivity index (χ2v) is 5.72. The number of carbonyl (C=O) groups excluding carboxylic acids is 1. The van der Waals surface area contributed by atoms with Crippen LogP contribution in [0.5, 0.6) is 5.75 Å². The molecule has 150 valence electrons. The van der Waals surface area contributed by atoms with Crippen molar-refractivity contribution in [1.29, 1.82) is 0 Å². The molecule has 0 aromatic heterocycles. The van der Waals surface area contributed by atoms with Gasteiger partial charge in [-0.1, -0.05) is 71.3 Å². The lowest BCUT2D eigenvalue weighted by molar-refractivity contribution is 0.0734. The number of esters is 1. The first-order valence-electron chi connectivity index (χ1n) is 8.81. The molecule has 3 aromatic carbocycles. The number of aryl methyl sites for hydroxylation is 3. The highest BCUT2D eigenvalue weighted by molar-refractivity contribution is 7.79. The molecule has 0 unspecified atom stereocenters. The molecule has 1 N–H and O–H groups in total. The fraction of sp³-hybridized carbons (Fsp3) is 0.208. The Bertz CT molecular complexity index is 767. The van der Waals surface area contributed by atoms with Crippen LogP contribution >= 0.6 is 12.6 Å². The van der Waals surface area contributed by atoms with Gasteiger partial charge in [0.1, 0.15) is 5.75 Å². The second kappa shape index (κ2) is 15.5. The molecular weight excluding hydrogens is 368 g/mol. The molecule has 0 saturated carbocycles. The number of rotatable bonds is 2. The van der Waals surface area contributed by atoms with Crippen molar-refractivity contribution in [2.75, 3.05) is 13.4 Å². The standard InChI is InChI=1S/C15H14O2.C7H8.CH4O.CH4S/c1-11-3-7-13(8-4-11)15(16)17-14-9-5-12(2)6-10-14;1-7-5-3-2-4-6-7;2*1-2/h3-10H,1-2H3;2-6H,1H3;2*2H,1H3. The number of ether oxygens (including phenoxy) is 1. The van der Waals surface area contributed by atoms with E-state index in [1.165, 1.54) is 5.56 Å². The molecule has 0 aliphatic carbocycles. The van der Waals surface area contributed by atoms with Crippen molar-refractivity contribution < 1.29 is 14.6 Å². The van der Waals surface area contributed by atoms with Crippen molar-refractivity contribution >= 4 is 18.6 Å². The first kappa shape index (κ1) is 25.4. The van der Waals surface area contributed by atoms with E-state index in [1.54, 1.807) is 30.5 Å². The SMILES string of the molecule is CO.CS.Cc1ccc(OC(=O)c2ccc(C)cc2)cc1.Cc1ccccc1. The Hall–Kier alpha value is -2.56. The zero-order chi connectivity index (χ0) is 21.4. The molecule has 0 amide bonds. The lowest BCUT2D eigenvalue weighted by atomic mass is 10.1. The highest BCUT2D eigenvalue weighted by Gasteiger charge is 2.07. The lowest BCUT2D eigenvalue weighted by Crippen LogP contribution is -2.08. The van der Waals surface area contributed by atoms with E-state index >= 15 is 0 Å². The van der Waals surface area contributed by atoms with Crippen LogP contribution in [0, 0.1) is 20.8 Å². The van der Waals surface area contributed by atoms with Gasteiger partial charge in [-0.25, -0.2) is 4.79 Å². The first-order chi connectivity index (χ1) is 13.5. The van der Waals surface area contributed by atoms with E-state index in [1.807, 2.05) is 56.3 Å². The van der Waals surface area contributed by atoms with E-state index in [9.17, 15) is 4.79 Å². The summed E-state index contributed by atoms with van der Waals surface area (Å²) in [6.07, 6.45) is 1.69. The van der Waals surface area contributed by atoms with Gasteiger partial charge in [0, 0.05) is 7.11 Å². The van der Waals surface area contributed by atoms with E-state index in [0.29, 0.717) is 11.3 Å². The number of hydrogen-bond acceptors (Lipinski definition) is 4. The zero-order valence-corrected chi connectivity index (χ0v) is 18.1. The quantitative estimate of drug-likeness (QED) is 0.332. The summed E-state index contributed by atoms with van der Waals surface area (Å²) in [4.78, 5) is 11.8. The van der Waals surface area contributed by atoms with Crippen LogP contribution in [0.1, 0.15) is 27.0 Å². The number of aliphatic hydroxyl groups excluding tert-OH is 1. The summed E-state index contributed by atoms with van der Waals surface area (Å²) in [5, 5.41) is 7.00. The maximum Gasteiger partial charge on any atom is 0.343 e. The maximum atomic E-state index is 11.8. The molecule has 0 fully saturated rings. The molecule has 3 rings (SSSR count). The number of aliphatic hydroxyl groups is 1. The van der Waals surface area contributed by atoms with Crippen molar-refractivity contribution in [3.63, 3.8) is 0 Å². The van der Waals surface area contributed by atoms with E-state index in [2.05, 4.69) is 31.7 Å². The van der Waals surface area contributed by atoms with Crippen molar-refractivity contribution in [1.82, 2.24) is 0 Å². The van der Waals surface area contributed by atoms with Gasteiger partial charge in [0.2, 0.25) is 0 Å². The van der Waals surface area contributed by atoms with Gasteiger partial charge < -0.3 is 9.84 Å². The fourth-order valence-corrected chi connectivity index (χ4v) is 2.00. The van der Waals surface area contributed by atoms with Crippen LogP contribution in [-0.2, 0) is 0 Å². The number of benzene rings is 3. The number of thiol groups is 1. The third-order valence-electron chi connectivity index (χ3n) is 3.46. The molecule has 0 heterocycles. The molecule has 0 bridgehead atoms. The average molecular weight is 399 g/mol. The van der Waals surface area contributed by atoms with E-state index in [-0.39, 0.29) is 5.97 Å². The summed E-state index contributed by atoms with van der Waals surface area (Å²) >= 11 is 3.53. The van der Waals surface area contributed by atoms with Gasteiger partial charge in [-0.15, -0.1) is 0 Å². The molecule has 0 aliphatic heterocycles. The summed E-state index contributed by atoms with van der Waals surface area (Å²) in [5.41, 5.74) is 4.15. The third-order valence-corrected chi connectivity index (χ3v) is 3.46. The molecule has 3 nitrogen and oxygen atoms in total. The Morgan fingerprint density at radius 1 is 0.679 bits per heavy atom. The van der Waals surface area contributed by atoms with Crippen molar-refractivity contribution in [2.24, 2.45) is 0 Å². The summed E-state index contributed by atoms with van der Waals surface area (Å²) in [6, 6.07) is 25.0. The third kappa shape index (κ3) is 10.6. The van der Waals surface area contributed by atoms with Crippen LogP contribution in [0.15, 0.2) is 78.9 Å². The van der Waals surface area contributed by atoms with E-state index in [4.69, 9.17) is 9.84 Å². The summed E-state index contributed by atoms with van der Waals surface area (Å²) in [5.74, 6) is 0.245. The van der Waals surface area contributed by atoms with Crippen LogP contribution in [0.2, 0.25) is 0 Å². The summed E-state index contributed by atoms with van der Waals surface area (Å²) in [6.45, 7) is 6.06. The lowest BCUT2D eigenvalue weighted by Gasteiger charge is -2.04. The Morgan fingerprint density at radius 2 is 1.07 bits per heavy atom. The predicted molar refractivity (Wildman–Crippen MR) is 122 cm³/mol. The maximum absolute atomic E-state index is 11.8. The minimum atomic E-state index is -0.325. The normalized spacial score (nSPS) is 8.68. The monoisotopic (exact) mass is 398 g/mol.